The van der Waals surface area contributed by atoms with Crippen molar-refractivity contribution in [2.45, 2.75) is 13.1 Å². The maximum absolute atomic E-state index is 12.6. The zero-order valence-electron chi connectivity index (χ0n) is 11.3. The van der Waals surface area contributed by atoms with Gasteiger partial charge >= 0.3 is 6.18 Å². The van der Waals surface area contributed by atoms with E-state index in [4.69, 9.17) is 5.73 Å². The Morgan fingerprint density at radius 3 is 2.60 bits per heavy atom. The summed E-state index contributed by atoms with van der Waals surface area (Å²) in [7, 11) is 3.02. The number of nitrogens with one attached hydrogen (secondary N) is 1. The Bertz CT molecular complexity index is 491. The van der Waals surface area contributed by atoms with Gasteiger partial charge in [0.1, 0.15) is 11.6 Å². The maximum Gasteiger partial charge on any atom is 0.451 e. The number of nitrogens with two attached hydrogens (primary N) is 1. The third kappa shape index (κ3) is 3.97. The molecule has 0 aromatic carbocycles. The summed E-state index contributed by atoms with van der Waals surface area (Å²) < 4.78 is 37.8. The van der Waals surface area contributed by atoms with Crippen molar-refractivity contribution in [3.05, 3.63) is 11.9 Å². The predicted octanol–water partition coefficient (Wildman–Crippen LogP) is 0.896. The third-order valence-electron chi connectivity index (χ3n) is 2.62. The summed E-state index contributed by atoms with van der Waals surface area (Å²) in [5.74, 6) is -2.18. The van der Waals surface area contributed by atoms with E-state index in [-0.39, 0.29) is 24.1 Å². The third-order valence-corrected chi connectivity index (χ3v) is 2.62. The molecule has 0 bridgehead atoms. The van der Waals surface area contributed by atoms with E-state index in [0.717, 1.165) is 0 Å². The fourth-order valence-corrected chi connectivity index (χ4v) is 1.61. The molecule has 0 saturated heterocycles. The molecule has 1 aromatic heterocycles. The first kappa shape index (κ1) is 16.0. The average Bonchev–Trinajstić information content (AvgIpc) is 2.35. The zero-order chi connectivity index (χ0) is 15.5. The number of hydrogen-bond donors (Lipinski definition) is 2. The molecule has 1 rings (SSSR count). The number of carbonyl (C=O) groups excluding carboxylic acids is 1. The molecule has 9 heteroatoms. The first-order valence-corrected chi connectivity index (χ1v) is 5.79. The minimum Gasteiger partial charge on any atom is -0.384 e. The number of rotatable bonds is 4. The van der Waals surface area contributed by atoms with Gasteiger partial charge in [-0.2, -0.15) is 13.2 Å². The lowest BCUT2D eigenvalue weighted by molar-refractivity contribution is -0.144. The molecule has 0 fully saturated rings. The smallest absolute Gasteiger partial charge is 0.384 e. The first-order valence-electron chi connectivity index (χ1n) is 5.79. The Kier molecular flexibility index (Phi) is 4.74. The van der Waals surface area contributed by atoms with Gasteiger partial charge in [-0.05, 0) is 0 Å². The van der Waals surface area contributed by atoms with Gasteiger partial charge in [-0.1, -0.05) is 6.92 Å². The van der Waals surface area contributed by atoms with E-state index < -0.39 is 17.9 Å². The minimum absolute atomic E-state index is 0.0144. The van der Waals surface area contributed by atoms with Crippen LogP contribution in [0.4, 0.5) is 24.8 Å². The SMILES string of the molecule is CNC(=O)C(C)CN(C)c1cc(N)nc(C(F)(F)F)n1. The lowest BCUT2D eigenvalue weighted by Gasteiger charge is -2.22. The fraction of sp³-hybridized carbons (Fsp3) is 0.545. The molecule has 0 radical (unpaired) electrons. The summed E-state index contributed by atoms with van der Waals surface area (Å²) in [4.78, 5) is 19.4. The van der Waals surface area contributed by atoms with Gasteiger partial charge in [0, 0.05) is 26.7 Å². The lowest BCUT2D eigenvalue weighted by Crippen LogP contribution is -2.35. The van der Waals surface area contributed by atoms with E-state index in [1.54, 1.807) is 6.92 Å². The Balaban J connectivity index is 2.96. The molecule has 1 aromatic rings. The van der Waals surface area contributed by atoms with Gasteiger partial charge in [0.25, 0.3) is 0 Å². The largest absolute Gasteiger partial charge is 0.451 e. The molecule has 0 saturated carbocycles. The number of hydrogen-bond acceptors (Lipinski definition) is 5. The van der Waals surface area contributed by atoms with Crippen molar-refractivity contribution in [2.75, 3.05) is 31.3 Å². The normalized spacial score (nSPS) is 12.9. The highest BCUT2D eigenvalue weighted by Crippen LogP contribution is 2.28. The van der Waals surface area contributed by atoms with E-state index in [1.165, 1.54) is 25.1 Å². The predicted molar refractivity (Wildman–Crippen MR) is 67.9 cm³/mol. The number of anilines is 2. The molecule has 1 atom stereocenters. The number of aromatic nitrogens is 2. The molecule has 112 valence electrons. The number of nitrogens with zero attached hydrogens (tertiary/aromatic N) is 3. The number of alkyl halides is 3. The van der Waals surface area contributed by atoms with Gasteiger partial charge in [0.2, 0.25) is 11.7 Å². The topological polar surface area (TPSA) is 84.1 Å². The summed E-state index contributed by atoms with van der Waals surface area (Å²) in [5, 5.41) is 2.47. The number of halogens is 3. The summed E-state index contributed by atoms with van der Waals surface area (Å²) in [6, 6.07) is 1.23. The van der Waals surface area contributed by atoms with Crippen molar-refractivity contribution >= 4 is 17.5 Å². The van der Waals surface area contributed by atoms with Gasteiger partial charge in [-0.25, -0.2) is 9.97 Å². The van der Waals surface area contributed by atoms with Gasteiger partial charge in [-0.15, -0.1) is 0 Å². The van der Waals surface area contributed by atoms with E-state index in [0.29, 0.717) is 0 Å². The Morgan fingerprint density at radius 1 is 1.50 bits per heavy atom. The van der Waals surface area contributed by atoms with E-state index in [9.17, 15) is 18.0 Å². The second kappa shape index (κ2) is 5.93. The molecule has 1 unspecified atom stereocenters. The summed E-state index contributed by atoms with van der Waals surface area (Å²) >= 11 is 0. The van der Waals surface area contributed by atoms with Gasteiger partial charge < -0.3 is 16.0 Å². The van der Waals surface area contributed by atoms with Gasteiger partial charge in [-0.3, -0.25) is 4.79 Å². The van der Waals surface area contributed by atoms with Crippen molar-refractivity contribution in [1.82, 2.24) is 15.3 Å². The highest BCUT2D eigenvalue weighted by molar-refractivity contribution is 5.78. The lowest BCUT2D eigenvalue weighted by atomic mass is 10.1. The molecule has 1 amide bonds. The van der Waals surface area contributed by atoms with Crippen molar-refractivity contribution in [3.8, 4) is 0 Å². The van der Waals surface area contributed by atoms with Crippen molar-refractivity contribution in [1.29, 1.82) is 0 Å². The summed E-state index contributed by atoms with van der Waals surface area (Å²) in [6.07, 6.45) is -4.67. The monoisotopic (exact) mass is 291 g/mol. The molecule has 20 heavy (non-hydrogen) atoms. The van der Waals surface area contributed by atoms with Crippen LogP contribution in [0.2, 0.25) is 0 Å². The number of nitrogen functional groups attached to an aromatic ring is 1. The Hall–Kier alpha value is -2.06. The van der Waals surface area contributed by atoms with Crippen LogP contribution >= 0.6 is 0 Å². The second-order valence-corrected chi connectivity index (χ2v) is 4.37. The fourth-order valence-electron chi connectivity index (χ4n) is 1.61. The highest BCUT2D eigenvalue weighted by atomic mass is 19.4. The molecule has 0 spiro atoms. The molecular weight excluding hydrogens is 275 g/mol. The van der Waals surface area contributed by atoms with E-state index in [2.05, 4.69) is 15.3 Å². The van der Waals surface area contributed by atoms with Crippen LogP contribution in [0.5, 0.6) is 0 Å². The van der Waals surface area contributed by atoms with Crippen LogP contribution in [0.1, 0.15) is 12.7 Å². The minimum atomic E-state index is -4.67. The van der Waals surface area contributed by atoms with E-state index in [1.807, 2.05) is 0 Å². The van der Waals surface area contributed by atoms with Crippen LogP contribution in [0.3, 0.4) is 0 Å². The van der Waals surface area contributed by atoms with Crippen LogP contribution < -0.4 is 16.0 Å². The van der Waals surface area contributed by atoms with Crippen LogP contribution in [-0.2, 0) is 11.0 Å². The Labute approximate surface area is 114 Å². The average molecular weight is 291 g/mol. The van der Waals surface area contributed by atoms with Gasteiger partial charge in [0.05, 0.1) is 5.92 Å². The molecule has 0 aliphatic heterocycles. The van der Waals surface area contributed by atoms with E-state index >= 15 is 0 Å². The zero-order valence-corrected chi connectivity index (χ0v) is 11.3. The van der Waals surface area contributed by atoms with Crippen LogP contribution in [0.25, 0.3) is 0 Å². The van der Waals surface area contributed by atoms with Gasteiger partial charge in [0.15, 0.2) is 0 Å². The molecule has 6 nitrogen and oxygen atoms in total. The van der Waals surface area contributed by atoms with Crippen molar-refractivity contribution in [3.63, 3.8) is 0 Å². The number of carbonyl (C=O) groups is 1. The quantitative estimate of drug-likeness (QED) is 0.861. The summed E-state index contributed by atoms with van der Waals surface area (Å²) in [5.41, 5.74) is 5.35. The van der Waals surface area contributed by atoms with Crippen LogP contribution in [-0.4, -0.2) is 36.5 Å². The molecule has 0 aliphatic rings. The second-order valence-electron chi connectivity index (χ2n) is 4.37. The molecule has 1 heterocycles. The molecular formula is C11H16F3N5O. The molecule has 3 N–H and O–H groups in total. The molecule has 0 aliphatic carbocycles. The summed E-state index contributed by atoms with van der Waals surface area (Å²) in [6.45, 7) is 1.86. The Morgan fingerprint density at radius 2 is 2.10 bits per heavy atom. The van der Waals surface area contributed by atoms with Crippen LogP contribution in [0.15, 0.2) is 6.07 Å². The van der Waals surface area contributed by atoms with Crippen molar-refractivity contribution in [2.24, 2.45) is 5.92 Å². The first-order chi connectivity index (χ1) is 9.15. The maximum atomic E-state index is 12.6. The number of amides is 1. The highest BCUT2D eigenvalue weighted by Gasteiger charge is 2.35. The van der Waals surface area contributed by atoms with Crippen LogP contribution in [0, 0.1) is 5.92 Å². The van der Waals surface area contributed by atoms with Crippen molar-refractivity contribution < 1.29 is 18.0 Å². The standard InChI is InChI=1S/C11H16F3N5O/c1-6(9(20)16-2)5-19(3)8-4-7(15)17-10(18-8)11(12,13)14/h4,6H,5H2,1-3H3,(H,16,20)(H2,15,17,18).